The van der Waals surface area contributed by atoms with Gasteiger partial charge in [0.15, 0.2) is 11.7 Å². The Bertz CT molecular complexity index is 725. The second-order valence-corrected chi connectivity index (χ2v) is 8.60. The van der Waals surface area contributed by atoms with Crippen molar-refractivity contribution in [3.63, 3.8) is 0 Å². The highest BCUT2D eigenvalue weighted by Crippen LogP contribution is 2.24. The molecule has 150 valence electrons. The number of rotatable bonds is 8. The van der Waals surface area contributed by atoms with Crippen LogP contribution in [0.25, 0.3) is 0 Å². The number of nitrogens with one attached hydrogen (secondary N) is 2. The van der Waals surface area contributed by atoms with Crippen molar-refractivity contribution in [1.29, 1.82) is 0 Å². The number of hydrogen-bond acceptors (Lipinski definition) is 5. The molecule has 2 aromatic rings. The first kappa shape index (κ1) is 21.4. The maximum atomic E-state index is 5.46. The van der Waals surface area contributed by atoms with E-state index in [2.05, 4.69) is 67.7 Å². The Morgan fingerprint density at radius 3 is 2.56 bits per heavy atom. The Hall–Kier alpha value is -1.89. The quantitative estimate of drug-likeness (QED) is 0.508. The average molecular weight is 392 g/mol. The molecule has 0 amide bonds. The molecule has 0 saturated carbocycles. The van der Waals surface area contributed by atoms with E-state index >= 15 is 0 Å². The maximum absolute atomic E-state index is 5.46. The van der Waals surface area contributed by atoms with Crippen LogP contribution in [0.2, 0.25) is 0 Å². The summed E-state index contributed by atoms with van der Waals surface area (Å²) in [4.78, 5) is 9.33. The van der Waals surface area contributed by atoms with Crippen LogP contribution in [0.5, 0.6) is 0 Å². The fourth-order valence-corrected chi connectivity index (χ4v) is 3.66. The lowest BCUT2D eigenvalue weighted by molar-refractivity contribution is 0.372. The molecule has 0 radical (unpaired) electrons. The number of nitrogens with zero attached hydrogens (tertiary/aromatic N) is 3. The summed E-state index contributed by atoms with van der Waals surface area (Å²) in [6.07, 6.45) is 2.14. The molecule has 0 fully saturated rings. The van der Waals surface area contributed by atoms with Gasteiger partial charge in [-0.15, -0.1) is 11.3 Å². The summed E-state index contributed by atoms with van der Waals surface area (Å²) in [6.45, 7) is 14.9. The van der Waals surface area contributed by atoms with Crippen LogP contribution in [0.15, 0.2) is 21.0 Å². The molecular formula is C20H33N5OS. The summed E-state index contributed by atoms with van der Waals surface area (Å²) in [6, 6.07) is 2.03. The van der Waals surface area contributed by atoms with E-state index in [0.29, 0.717) is 19.0 Å². The zero-order valence-electron chi connectivity index (χ0n) is 17.4. The van der Waals surface area contributed by atoms with Gasteiger partial charge in [0.1, 0.15) is 11.6 Å². The van der Waals surface area contributed by atoms with Crippen molar-refractivity contribution in [1.82, 2.24) is 20.8 Å². The summed E-state index contributed by atoms with van der Waals surface area (Å²) in [5.74, 6) is 2.00. The Balaban J connectivity index is 1.97. The fraction of sp³-hybridized carbons (Fsp3) is 0.650. The molecule has 0 aliphatic rings. The minimum atomic E-state index is 0.0756. The minimum Gasteiger partial charge on any atom is -0.359 e. The van der Waals surface area contributed by atoms with E-state index in [1.807, 2.05) is 6.07 Å². The molecule has 0 bridgehead atoms. The van der Waals surface area contributed by atoms with Gasteiger partial charge in [0, 0.05) is 29.3 Å². The highest BCUT2D eigenvalue weighted by Gasteiger charge is 2.17. The first-order chi connectivity index (χ1) is 12.9. The van der Waals surface area contributed by atoms with E-state index in [1.54, 1.807) is 11.3 Å². The third kappa shape index (κ3) is 6.34. The van der Waals surface area contributed by atoms with Gasteiger partial charge in [0.05, 0.1) is 17.9 Å². The lowest BCUT2D eigenvalue weighted by Gasteiger charge is -2.14. The van der Waals surface area contributed by atoms with Crippen molar-refractivity contribution in [3.05, 3.63) is 33.6 Å². The van der Waals surface area contributed by atoms with Crippen LogP contribution < -0.4 is 10.6 Å². The Kier molecular flexibility index (Phi) is 7.83. The Morgan fingerprint density at radius 2 is 1.96 bits per heavy atom. The molecule has 0 spiro atoms. The molecule has 0 unspecified atom stereocenters. The lowest BCUT2D eigenvalue weighted by atomic mass is 9.93. The molecule has 0 aliphatic carbocycles. The van der Waals surface area contributed by atoms with Crippen molar-refractivity contribution in [2.24, 2.45) is 4.99 Å². The molecule has 27 heavy (non-hydrogen) atoms. The summed E-state index contributed by atoms with van der Waals surface area (Å²) < 4.78 is 5.46. The van der Waals surface area contributed by atoms with Crippen LogP contribution in [-0.4, -0.2) is 22.6 Å². The number of guanidine groups is 1. The lowest BCUT2D eigenvalue weighted by Crippen LogP contribution is -2.36. The highest BCUT2D eigenvalue weighted by atomic mass is 32.1. The number of thiazole rings is 1. The first-order valence-corrected chi connectivity index (χ1v) is 10.7. The summed E-state index contributed by atoms with van der Waals surface area (Å²) in [5, 5.41) is 14.0. The molecular weight excluding hydrogens is 358 g/mol. The molecule has 2 heterocycles. The molecule has 2 rings (SSSR count). The Morgan fingerprint density at radius 1 is 1.22 bits per heavy atom. The van der Waals surface area contributed by atoms with Crippen molar-refractivity contribution in [2.75, 3.05) is 6.54 Å². The van der Waals surface area contributed by atoms with Crippen molar-refractivity contribution in [2.45, 2.75) is 78.8 Å². The van der Waals surface area contributed by atoms with E-state index < -0.39 is 0 Å². The normalized spacial score (nSPS) is 12.6. The zero-order valence-corrected chi connectivity index (χ0v) is 18.2. The third-order valence-electron chi connectivity index (χ3n) is 4.45. The van der Waals surface area contributed by atoms with E-state index in [0.717, 1.165) is 47.5 Å². The topological polar surface area (TPSA) is 75.3 Å². The zero-order chi connectivity index (χ0) is 19.9. The van der Waals surface area contributed by atoms with Gasteiger partial charge < -0.3 is 15.2 Å². The van der Waals surface area contributed by atoms with Crippen LogP contribution >= 0.6 is 11.3 Å². The average Bonchev–Trinajstić information content (AvgIpc) is 3.28. The van der Waals surface area contributed by atoms with E-state index in [1.165, 1.54) is 0 Å². The van der Waals surface area contributed by atoms with Gasteiger partial charge in [-0.05, 0) is 19.8 Å². The van der Waals surface area contributed by atoms with Crippen LogP contribution in [0.3, 0.4) is 0 Å². The second-order valence-electron chi connectivity index (χ2n) is 7.66. The predicted octanol–water partition coefficient (Wildman–Crippen LogP) is 4.59. The van der Waals surface area contributed by atoms with Crippen LogP contribution in [-0.2, 0) is 18.5 Å². The first-order valence-electron chi connectivity index (χ1n) is 9.79. The second kappa shape index (κ2) is 9.88. The molecule has 7 heteroatoms. The summed E-state index contributed by atoms with van der Waals surface area (Å²) >= 11 is 1.68. The highest BCUT2D eigenvalue weighted by molar-refractivity contribution is 7.09. The molecule has 0 aromatic carbocycles. The summed E-state index contributed by atoms with van der Waals surface area (Å²) in [7, 11) is 0. The maximum Gasteiger partial charge on any atom is 0.192 e. The number of hydrogen-bond donors (Lipinski definition) is 2. The third-order valence-corrected chi connectivity index (χ3v) is 5.29. The van der Waals surface area contributed by atoms with Gasteiger partial charge in [-0.1, -0.05) is 39.8 Å². The largest absolute Gasteiger partial charge is 0.359 e. The molecule has 0 atom stereocenters. The van der Waals surface area contributed by atoms with Crippen LogP contribution in [0, 0.1) is 0 Å². The van der Waals surface area contributed by atoms with Crippen LogP contribution in [0.4, 0.5) is 0 Å². The molecule has 6 nitrogen and oxygen atoms in total. The van der Waals surface area contributed by atoms with Gasteiger partial charge in [0.25, 0.3) is 0 Å². The van der Waals surface area contributed by atoms with Gasteiger partial charge in [-0.25, -0.2) is 9.98 Å². The SMILES string of the molecule is CCNC(=NCc1cc(C(CC)CC)no1)NCc1nc(C(C)(C)C)cs1. The summed E-state index contributed by atoms with van der Waals surface area (Å²) in [5.41, 5.74) is 2.23. The van der Waals surface area contributed by atoms with E-state index in [-0.39, 0.29) is 5.41 Å². The number of aliphatic imine (C=N–C) groups is 1. The number of aromatic nitrogens is 2. The van der Waals surface area contributed by atoms with Gasteiger partial charge in [-0.3, -0.25) is 0 Å². The van der Waals surface area contributed by atoms with Gasteiger partial charge >= 0.3 is 0 Å². The standard InChI is InChI=1S/C20H33N5OS/c1-7-14(8-2)16-10-15(26-25-16)11-22-19(21-9-3)23-12-18-24-17(13-27-18)20(4,5)6/h10,13-14H,7-9,11-12H2,1-6H3,(H2,21,22,23). The minimum absolute atomic E-state index is 0.0756. The van der Waals surface area contributed by atoms with Crippen molar-refractivity contribution in [3.8, 4) is 0 Å². The molecule has 2 aromatic heterocycles. The van der Waals surface area contributed by atoms with Crippen molar-refractivity contribution < 1.29 is 4.52 Å². The van der Waals surface area contributed by atoms with Gasteiger partial charge in [0.2, 0.25) is 0 Å². The smallest absolute Gasteiger partial charge is 0.192 e. The van der Waals surface area contributed by atoms with Crippen LogP contribution in [0.1, 0.15) is 82.5 Å². The van der Waals surface area contributed by atoms with E-state index in [4.69, 9.17) is 9.51 Å². The molecule has 2 N–H and O–H groups in total. The monoisotopic (exact) mass is 391 g/mol. The fourth-order valence-electron chi connectivity index (χ4n) is 2.70. The van der Waals surface area contributed by atoms with Gasteiger partial charge in [-0.2, -0.15) is 0 Å². The molecule has 0 aliphatic heterocycles. The van der Waals surface area contributed by atoms with Crippen molar-refractivity contribution >= 4 is 17.3 Å². The molecule has 0 saturated heterocycles. The van der Waals surface area contributed by atoms with E-state index in [9.17, 15) is 0 Å². The predicted molar refractivity (Wildman–Crippen MR) is 112 cm³/mol. The Labute approximate surface area is 166 Å².